The molecule has 0 fully saturated rings. The van der Waals surface area contributed by atoms with Gasteiger partial charge in [-0.3, -0.25) is 15.0 Å². The summed E-state index contributed by atoms with van der Waals surface area (Å²) in [6, 6.07) is 13.9. The summed E-state index contributed by atoms with van der Waals surface area (Å²) >= 11 is 3.34. The van der Waals surface area contributed by atoms with Gasteiger partial charge in [0.15, 0.2) is 5.69 Å². The van der Waals surface area contributed by atoms with Crippen LogP contribution in [0.3, 0.4) is 0 Å². The van der Waals surface area contributed by atoms with Crippen LogP contribution in [0.15, 0.2) is 68.0 Å². The van der Waals surface area contributed by atoms with Crippen molar-refractivity contribution < 1.29 is 5.11 Å². The molecule has 0 aliphatic heterocycles. The zero-order valence-corrected chi connectivity index (χ0v) is 12.8. The van der Waals surface area contributed by atoms with E-state index < -0.39 is 5.56 Å². The number of nitrogens with zero attached hydrogens (tertiary/aromatic N) is 2. The van der Waals surface area contributed by atoms with Crippen LogP contribution in [-0.2, 0) is 0 Å². The van der Waals surface area contributed by atoms with Crippen LogP contribution in [0, 0.1) is 0 Å². The Kier molecular flexibility index (Phi) is 3.88. The molecule has 0 aliphatic rings. The Labute approximate surface area is 133 Å². The van der Waals surface area contributed by atoms with E-state index in [1.54, 1.807) is 30.3 Å². The molecule has 0 unspecified atom stereocenters. The lowest BCUT2D eigenvalue weighted by Crippen LogP contribution is -1.96. The second-order valence-corrected chi connectivity index (χ2v) is 5.41. The third-order valence-corrected chi connectivity index (χ3v) is 3.55. The second-order valence-electron chi connectivity index (χ2n) is 4.50. The number of halogens is 1. The van der Waals surface area contributed by atoms with Crippen molar-refractivity contribution >= 4 is 27.3 Å². The number of benzene rings is 2. The molecule has 0 spiro atoms. The van der Waals surface area contributed by atoms with Crippen molar-refractivity contribution in [3.05, 3.63) is 63.4 Å². The maximum absolute atomic E-state index is 11.9. The van der Waals surface area contributed by atoms with Crippen LogP contribution in [0.25, 0.3) is 11.3 Å². The number of phenolic OH excluding ortho intramolecular Hbond substituents is 1. The van der Waals surface area contributed by atoms with Gasteiger partial charge in [-0.25, -0.2) is 0 Å². The molecule has 1 aromatic heterocycles. The number of hydrogen-bond donors (Lipinski definition) is 3. The number of H-pyrrole nitrogens is 2. The van der Waals surface area contributed by atoms with Gasteiger partial charge in [-0.1, -0.05) is 28.1 Å². The van der Waals surface area contributed by atoms with Crippen LogP contribution in [0.4, 0.5) is 11.4 Å². The molecule has 7 heteroatoms. The van der Waals surface area contributed by atoms with Gasteiger partial charge >= 0.3 is 0 Å². The number of azo groups is 1. The minimum Gasteiger partial charge on any atom is -0.507 e. The smallest absolute Gasteiger partial charge is 0.292 e. The van der Waals surface area contributed by atoms with E-state index in [1.165, 1.54) is 6.07 Å². The monoisotopic (exact) mass is 358 g/mol. The average molecular weight is 359 g/mol. The third kappa shape index (κ3) is 2.84. The number of para-hydroxylation sites is 1. The predicted octanol–water partition coefficient (Wildman–Crippen LogP) is 4.25. The number of aromatic hydroxyl groups is 1. The Morgan fingerprint density at radius 3 is 2.41 bits per heavy atom. The summed E-state index contributed by atoms with van der Waals surface area (Å²) in [5, 5.41) is 23.1. The quantitative estimate of drug-likeness (QED) is 0.610. The molecule has 0 aliphatic carbocycles. The lowest BCUT2D eigenvalue weighted by atomic mass is 10.1. The number of hydrogen-bond acceptors (Lipinski definition) is 4. The Morgan fingerprint density at radius 2 is 1.68 bits per heavy atom. The van der Waals surface area contributed by atoms with Gasteiger partial charge in [-0.05, 0) is 36.4 Å². The van der Waals surface area contributed by atoms with Crippen LogP contribution in [0.2, 0.25) is 0 Å². The normalized spacial score (nSPS) is 11.1. The highest BCUT2D eigenvalue weighted by molar-refractivity contribution is 9.10. The van der Waals surface area contributed by atoms with E-state index >= 15 is 0 Å². The third-order valence-electron chi connectivity index (χ3n) is 3.02. The maximum atomic E-state index is 11.9. The Morgan fingerprint density at radius 1 is 0.955 bits per heavy atom. The fraction of sp³-hybridized carbons (Fsp3) is 0. The first-order valence-corrected chi connectivity index (χ1v) is 7.21. The van der Waals surface area contributed by atoms with Crippen molar-refractivity contribution in [2.24, 2.45) is 10.2 Å². The molecular formula is C15H11BrN4O2. The van der Waals surface area contributed by atoms with Crippen molar-refractivity contribution in [2.45, 2.75) is 0 Å². The van der Waals surface area contributed by atoms with E-state index in [-0.39, 0.29) is 11.4 Å². The minimum atomic E-state index is -0.404. The van der Waals surface area contributed by atoms with Crippen LogP contribution in [-0.4, -0.2) is 15.3 Å². The highest BCUT2D eigenvalue weighted by Gasteiger charge is 2.14. The van der Waals surface area contributed by atoms with Crippen LogP contribution in [0.1, 0.15) is 0 Å². The molecule has 0 amide bonds. The van der Waals surface area contributed by atoms with Crippen LogP contribution in [0.5, 0.6) is 5.75 Å². The van der Waals surface area contributed by atoms with E-state index in [0.717, 1.165) is 4.47 Å². The molecule has 110 valence electrons. The average Bonchev–Trinajstić information content (AvgIpc) is 2.88. The fourth-order valence-electron chi connectivity index (χ4n) is 1.94. The summed E-state index contributed by atoms with van der Waals surface area (Å²) in [4.78, 5) is 11.9. The highest BCUT2D eigenvalue weighted by atomic mass is 79.9. The molecule has 1 heterocycles. The van der Waals surface area contributed by atoms with E-state index in [9.17, 15) is 9.90 Å². The molecule has 2 aromatic carbocycles. The van der Waals surface area contributed by atoms with Crippen molar-refractivity contribution in [3.8, 4) is 17.0 Å². The van der Waals surface area contributed by atoms with Gasteiger partial charge in [-0.15, -0.1) is 5.11 Å². The van der Waals surface area contributed by atoms with Crippen LogP contribution < -0.4 is 5.56 Å². The zero-order valence-electron chi connectivity index (χ0n) is 11.2. The first kappa shape index (κ1) is 14.3. The lowest BCUT2D eigenvalue weighted by Gasteiger charge is -2.01. The first-order chi connectivity index (χ1) is 10.6. The number of nitrogens with one attached hydrogen (secondary N) is 2. The lowest BCUT2D eigenvalue weighted by molar-refractivity contribution is 0.477. The maximum Gasteiger partial charge on any atom is 0.292 e. The molecule has 3 N–H and O–H groups in total. The second kappa shape index (κ2) is 5.98. The number of aromatic amines is 2. The molecule has 0 bridgehead atoms. The van der Waals surface area contributed by atoms with Gasteiger partial charge in [0.25, 0.3) is 5.56 Å². The molecule has 0 atom stereocenters. The number of rotatable bonds is 3. The molecule has 6 nitrogen and oxygen atoms in total. The molecular weight excluding hydrogens is 348 g/mol. The van der Waals surface area contributed by atoms with Crippen molar-refractivity contribution in [2.75, 3.05) is 0 Å². The minimum absolute atomic E-state index is 0.0536. The highest BCUT2D eigenvalue weighted by Crippen LogP contribution is 2.32. The summed E-state index contributed by atoms with van der Waals surface area (Å²) in [7, 11) is 0. The number of aromatic nitrogens is 2. The summed E-state index contributed by atoms with van der Waals surface area (Å²) in [5.41, 5.74) is 1.20. The Balaban J connectivity index is 2.02. The fourth-order valence-corrected chi connectivity index (χ4v) is 2.21. The van der Waals surface area contributed by atoms with Gasteiger partial charge < -0.3 is 5.11 Å². The summed E-state index contributed by atoms with van der Waals surface area (Å²) < 4.78 is 0.931. The molecule has 0 saturated carbocycles. The van der Waals surface area contributed by atoms with Gasteiger partial charge in [0.2, 0.25) is 0 Å². The van der Waals surface area contributed by atoms with E-state index in [2.05, 4.69) is 36.4 Å². The topological polar surface area (TPSA) is 93.6 Å². The van der Waals surface area contributed by atoms with Crippen LogP contribution >= 0.6 is 15.9 Å². The van der Waals surface area contributed by atoms with Gasteiger partial charge in [-0.2, -0.15) is 5.11 Å². The summed E-state index contributed by atoms with van der Waals surface area (Å²) in [6.07, 6.45) is 0. The SMILES string of the molecule is O=c1[nH][nH]c(-c2ccccc2O)c1N=Nc1ccc(Br)cc1. The predicted molar refractivity (Wildman–Crippen MR) is 86.8 cm³/mol. The van der Waals surface area contributed by atoms with E-state index in [1.807, 2.05) is 12.1 Å². The van der Waals surface area contributed by atoms with Crippen molar-refractivity contribution in [1.29, 1.82) is 0 Å². The number of phenols is 1. The van der Waals surface area contributed by atoms with E-state index in [0.29, 0.717) is 16.9 Å². The van der Waals surface area contributed by atoms with Gasteiger partial charge in [0.05, 0.1) is 11.4 Å². The van der Waals surface area contributed by atoms with Gasteiger partial charge in [0, 0.05) is 10.0 Å². The van der Waals surface area contributed by atoms with Crippen molar-refractivity contribution in [1.82, 2.24) is 10.2 Å². The molecule has 3 rings (SSSR count). The van der Waals surface area contributed by atoms with E-state index in [4.69, 9.17) is 0 Å². The summed E-state index contributed by atoms with van der Waals surface area (Å²) in [5.74, 6) is 0.0536. The zero-order chi connectivity index (χ0) is 15.5. The summed E-state index contributed by atoms with van der Waals surface area (Å²) in [6.45, 7) is 0. The molecule has 0 radical (unpaired) electrons. The first-order valence-electron chi connectivity index (χ1n) is 6.41. The largest absolute Gasteiger partial charge is 0.507 e. The Hall–Kier alpha value is -2.67. The standard InChI is InChI=1S/C15H11BrN4O2/c16-9-5-7-10(8-6-9)17-19-14-13(18-20-15(14)22)11-3-1-2-4-12(11)21/h1-8,21H,(H2,18,20,22). The Bertz CT molecular complexity index is 881. The van der Waals surface area contributed by atoms with Crippen molar-refractivity contribution in [3.63, 3.8) is 0 Å². The molecule has 0 saturated heterocycles. The van der Waals surface area contributed by atoms with Gasteiger partial charge in [0.1, 0.15) is 5.75 Å². The molecule has 22 heavy (non-hydrogen) atoms. The molecule has 3 aromatic rings.